The summed E-state index contributed by atoms with van der Waals surface area (Å²) in [6.45, 7) is 4.94. The van der Waals surface area contributed by atoms with Gasteiger partial charge in [-0.05, 0) is 83.5 Å². The number of unbranched alkanes of at least 4 members (excludes halogenated alkanes) is 46. The van der Waals surface area contributed by atoms with E-state index in [4.69, 9.17) is 4.74 Å². The van der Waals surface area contributed by atoms with Gasteiger partial charge in [0.05, 0.1) is 25.4 Å². The van der Waals surface area contributed by atoms with Crippen LogP contribution in [0.15, 0.2) is 36.5 Å². The van der Waals surface area contributed by atoms with Crippen LogP contribution < -0.4 is 5.32 Å². The maximum absolute atomic E-state index is 12.5. The van der Waals surface area contributed by atoms with Crippen LogP contribution in [0.1, 0.15) is 367 Å². The summed E-state index contributed by atoms with van der Waals surface area (Å²) in [7, 11) is 0. The molecule has 6 nitrogen and oxygen atoms in total. The fraction of sp³-hybridized carbons (Fsp3) is 0.884. The average Bonchev–Trinajstić information content (AvgIpc) is 3.41. The van der Waals surface area contributed by atoms with E-state index >= 15 is 0 Å². The van der Waals surface area contributed by atoms with Crippen molar-refractivity contribution in [3.8, 4) is 0 Å². The Hall–Kier alpha value is -1.92. The zero-order valence-corrected chi connectivity index (χ0v) is 50.5. The molecule has 3 N–H and O–H groups in total. The van der Waals surface area contributed by atoms with Crippen LogP contribution in [-0.2, 0) is 14.3 Å². The molecule has 0 spiro atoms. The number of hydrogen-bond acceptors (Lipinski definition) is 5. The molecular weight excluding hydrogens is 923 g/mol. The Bertz CT molecular complexity index is 1210. The van der Waals surface area contributed by atoms with Gasteiger partial charge in [-0.1, -0.05) is 307 Å². The first kappa shape index (κ1) is 73.1. The van der Waals surface area contributed by atoms with E-state index in [2.05, 4.69) is 55.6 Å². The van der Waals surface area contributed by atoms with E-state index in [1.165, 1.54) is 283 Å². The zero-order chi connectivity index (χ0) is 54.3. The van der Waals surface area contributed by atoms with Gasteiger partial charge in [-0.2, -0.15) is 0 Å². The molecule has 442 valence electrons. The van der Waals surface area contributed by atoms with Crippen molar-refractivity contribution in [1.82, 2.24) is 5.32 Å². The van der Waals surface area contributed by atoms with Gasteiger partial charge in [-0.15, -0.1) is 0 Å². The van der Waals surface area contributed by atoms with E-state index in [9.17, 15) is 19.8 Å². The van der Waals surface area contributed by atoms with Crippen LogP contribution >= 0.6 is 0 Å². The Kier molecular flexibility index (Phi) is 63.0. The Balaban J connectivity index is 3.42. The minimum absolute atomic E-state index is 0.00208. The van der Waals surface area contributed by atoms with Gasteiger partial charge < -0.3 is 20.3 Å². The van der Waals surface area contributed by atoms with Crippen molar-refractivity contribution in [2.24, 2.45) is 0 Å². The summed E-state index contributed by atoms with van der Waals surface area (Å²) in [6, 6.07) is -0.547. The van der Waals surface area contributed by atoms with Gasteiger partial charge in [0.2, 0.25) is 5.91 Å². The van der Waals surface area contributed by atoms with Gasteiger partial charge in [0.15, 0.2) is 0 Å². The number of aliphatic hydroxyl groups is 2. The molecule has 1 amide bonds. The number of aliphatic hydroxyl groups excluding tert-OH is 2. The van der Waals surface area contributed by atoms with E-state index in [1.807, 2.05) is 0 Å². The number of carbonyl (C=O) groups excluding carboxylic acids is 2. The van der Waals surface area contributed by atoms with Crippen LogP contribution in [0.5, 0.6) is 0 Å². The molecule has 75 heavy (non-hydrogen) atoms. The first-order valence-corrected chi connectivity index (χ1v) is 33.7. The summed E-state index contributed by atoms with van der Waals surface area (Å²) in [6.07, 6.45) is 81.7. The molecule has 0 radical (unpaired) electrons. The fourth-order valence-corrected chi connectivity index (χ4v) is 10.5. The van der Waals surface area contributed by atoms with Crippen LogP contribution in [-0.4, -0.2) is 47.4 Å². The molecule has 0 saturated heterocycles. The minimum atomic E-state index is -0.670. The van der Waals surface area contributed by atoms with Crippen LogP contribution in [0.2, 0.25) is 0 Å². The van der Waals surface area contributed by atoms with Crippen molar-refractivity contribution >= 4 is 11.9 Å². The van der Waals surface area contributed by atoms with Crippen molar-refractivity contribution < 1.29 is 24.5 Å². The lowest BCUT2D eigenvalue weighted by Gasteiger charge is -2.22. The minimum Gasteiger partial charge on any atom is -0.466 e. The van der Waals surface area contributed by atoms with Crippen LogP contribution in [0.3, 0.4) is 0 Å². The molecule has 0 aromatic carbocycles. The molecule has 0 bridgehead atoms. The van der Waals surface area contributed by atoms with Gasteiger partial charge in [-0.25, -0.2) is 0 Å². The van der Waals surface area contributed by atoms with Crippen molar-refractivity contribution in [3.63, 3.8) is 0 Å². The predicted molar refractivity (Wildman–Crippen MR) is 329 cm³/mol. The third kappa shape index (κ3) is 61.2. The highest BCUT2D eigenvalue weighted by atomic mass is 16.5. The summed E-state index contributed by atoms with van der Waals surface area (Å²) in [5.74, 6) is -0.0403. The summed E-state index contributed by atoms with van der Waals surface area (Å²) in [4.78, 5) is 24.6. The molecular formula is C69H131NO5. The second-order valence-corrected chi connectivity index (χ2v) is 23.1. The van der Waals surface area contributed by atoms with Gasteiger partial charge in [0.1, 0.15) is 0 Å². The number of allylic oxidation sites excluding steroid dienone is 6. The van der Waals surface area contributed by atoms with Gasteiger partial charge in [0.25, 0.3) is 0 Å². The molecule has 0 heterocycles. The fourth-order valence-electron chi connectivity index (χ4n) is 10.5. The predicted octanol–water partition coefficient (Wildman–Crippen LogP) is 21.5. The molecule has 0 aliphatic heterocycles. The van der Waals surface area contributed by atoms with Crippen molar-refractivity contribution in [3.05, 3.63) is 36.5 Å². The molecule has 0 aliphatic carbocycles. The Morgan fingerprint density at radius 1 is 0.373 bits per heavy atom. The number of carbonyl (C=O) groups is 2. The molecule has 0 aliphatic rings. The van der Waals surface area contributed by atoms with Crippen molar-refractivity contribution in [2.75, 3.05) is 13.2 Å². The second kappa shape index (κ2) is 64.6. The number of esters is 1. The maximum Gasteiger partial charge on any atom is 0.305 e. The summed E-state index contributed by atoms with van der Waals surface area (Å²) in [5.41, 5.74) is 0. The molecule has 0 saturated carbocycles. The highest BCUT2D eigenvalue weighted by molar-refractivity contribution is 5.76. The van der Waals surface area contributed by atoms with E-state index in [0.29, 0.717) is 25.9 Å². The van der Waals surface area contributed by atoms with Crippen molar-refractivity contribution in [1.29, 1.82) is 0 Å². The highest BCUT2D eigenvalue weighted by Crippen LogP contribution is 2.18. The lowest BCUT2D eigenvalue weighted by Crippen LogP contribution is -2.45. The Morgan fingerprint density at radius 2 is 0.667 bits per heavy atom. The largest absolute Gasteiger partial charge is 0.466 e. The average molecular weight is 1050 g/mol. The lowest BCUT2D eigenvalue weighted by atomic mass is 10.0. The van der Waals surface area contributed by atoms with Crippen LogP contribution in [0, 0.1) is 0 Å². The first-order valence-electron chi connectivity index (χ1n) is 33.7. The van der Waals surface area contributed by atoms with E-state index in [0.717, 1.165) is 51.4 Å². The summed E-state index contributed by atoms with van der Waals surface area (Å²) >= 11 is 0. The third-order valence-corrected chi connectivity index (χ3v) is 15.7. The number of amides is 1. The molecule has 6 heteroatoms. The number of ether oxygens (including phenoxy) is 1. The normalized spacial score (nSPS) is 12.7. The Labute approximate surface area is 468 Å². The maximum atomic E-state index is 12.5. The molecule has 2 atom stereocenters. The van der Waals surface area contributed by atoms with E-state index < -0.39 is 12.1 Å². The number of hydrogen-bond donors (Lipinski definition) is 3. The molecule has 0 aromatic rings. The molecule has 0 rings (SSSR count). The molecule has 2 unspecified atom stereocenters. The van der Waals surface area contributed by atoms with Crippen LogP contribution in [0.25, 0.3) is 0 Å². The van der Waals surface area contributed by atoms with E-state index in [1.54, 1.807) is 0 Å². The zero-order valence-electron chi connectivity index (χ0n) is 50.5. The quantitative estimate of drug-likeness (QED) is 0.0320. The number of rotatable bonds is 63. The monoisotopic (exact) mass is 1050 g/mol. The molecule has 0 aromatic heterocycles. The van der Waals surface area contributed by atoms with Gasteiger partial charge >= 0.3 is 5.97 Å². The first-order chi connectivity index (χ1) is 37.0. The Morgan fingerprint density at radius 3 is 1.05 bits per heavy atom. The van der Waals surface area contributed by atoms with Crippen molar-refractivity contribution in [2.45, 2.75) is 379 Å². The topological polar surface area (TPSA) is 95.9 Å². The third-order valence-electron chi connectivity index (χ3n) is 15.7. The standard InChI is InChI=1S/C69H131NO5/c1-3-5-7-9-11-13-15-17-19-20-21-27-30-34-37-41-45-49-53-57-61-67(72)66(65-71)70-68(73)62-58-54-50-46-42-38-35-31-28-25-23-22-24-26-29-32-36-40-44-48-52-56-60-64-75-69(74)63-59-55-51-47-43-39-33-18-16-14-12-10-8-6-4-2/h12,14,18,25,28,33,66-67,71-72H,3-11,13,15-17,19-24,26-27,29-32,34-65H2,1-2H3,(H,70,73)/b14-12-,28-25-,33-18-. The summed E-state index contributed by atoms with van der Waals surface area (Å²) in [5, 5.41) is 23.4. The lowest BCUT2D eigenvalue weighted by molar-refractivity contribution is -0.143. The summed E-state index contributed by atoms with van der Waals surface area (Å²) < 4.78 is 5.48. The van der Waals surface area contributed by atoms with Gasteiger partial charge in [-0.3, -0.25) is 9.59 Å². The molecule has 0 fully saturated rings. The van der Waals surface area contributed by atoms with E-state index in [-0.39, 0.29) is 18.5 Å². The van der Waals surface area contributed by atoms with Gasteiger partial charge in [0, 0.05) is 12.8 Å². The van der Waals surface area contributed by atoms with Crippen LogP contribution in [0.4, 0.5) is 0 Å². The number of nitrogens with one attached hydrogen (secondary N) is 1. The smallest absolute Gasteiger partial charge is 0.305 e. The SMILES string of the molecule is CCCCC/C=C\C/C=C\CCCCCCCC(=O)OCCCCCCCCCCCCCC/C=C\CCCCCCCCCC(=O)NC(CO)C(O)CCCCCCCCCCCCCCCCCCCCCC. The highest BCUT2D eigenvalue weighted by Gasteiger charge is 2.20. The second-order valence-electron chi connectivity index (χ2n) is 23.1.